The van der Waals surface area contributed by atoms with Crippen LogP contribution in [0, 0.1) is 17.1 Å². The Balaban J connectivity index is 2.20. The van der Waals surface area contributed by atoms with Crippen molar-refractivity contribution in [2.45, 2.75) is 6.54 Å². The molecule has 0 amide bonds. The predicted molar refractivity (Wildman–Crippen MR) is 77.6 cm³/mol. The summed E-state index contributed by atoms with van der Waals surface area (Å²) in [6.07, 6.45) is 0. The van der Waals surface area contributed by atoms with E-state index in [1.54, 1.807) is 18.2 Å². The van der Waals surface area contributed by atoms with Gasteiger partial charge in [0.2, 0.25) is 0 Å². The topological polar surface area (TPSA) is 35.8 Å². The van der Waals surface area contributed by atoms with E-state index >= 15 is 0 Å². The molecule has 0 aromatic heterocycles. The first-order valence-electron chi connectivity index (χ1n) is 5.48. The van der Waals surface area contributed by atoms with E-state index in [0.717, 1.165) is 10.0 Å². The summed E-state index contributed by atoms with van der Waals surface area (Å²) in [6.45, 7) is 0.421. The van der Waals surface area contributed by atoms with Crippen LogP contribution in [-0.2, 0) is 6.54 Å². The lowest BCUT2D eigenvalue weighted by Gasteiger charge is -2.10. The molecule has 0 saturated heterocycles. The van der Waals surface area contributed by atoms with Crippen molar-refractivity contribution in [3.8, 4) is 6.07 Å². The number of hydrogen-bond acceptors (Lipinski definition) is 2. The smallest absolute Gasteiger partial charge is 0.143 e. The number of benzene rings is 2. The van der Waals surface area contributed by atoms with Gasteiger partial charge >= 0.3 is 0 Å². The second-order valence-electron chi connectivity index (χ2n) is 3.86. The Morgan fingerprint density at radius 3 is 2.79 bits per heavy atom. The van der Waals surface area contributed by atoms with E-state index in [1.165, 1.54) is 6.07 Å². The van der Waals surface area contributed by atoms with Gasteiger partial charge in [-0.15, -0.1) is 0 Å². The Morgan fingerprint density at radius 1 is 1.32 bits per heavy atom. The van der Waals surface area contributed by atoms with Crippen LogP contribution in [0.4, 0.5) is 10.1 Å². The second kappa shape index (κ2) is 6.05. The van der Waals surface area contributed by atoms with Crippen LogP contribution in [0.1, 0.15) is 11.1 Å². The van der Waals surface area contributed by atoms with Crippen LogP contribution in [0.5, 0.6) is 0 Å². The average molecular weight is 340 g/mol. The van der Waals surface area contributed by atoms with E-state index in [9.17, 15) is 4.39 Å². The summed E-state index contributed by atoms with van der Waals surface area (Å²) in [5.74, 6) is -0.533. The molecule has 0 aliphatic rings. The molecule has 96 valence electrons. The molecule has 0 unspecified atom stereocenters. The number of halogens is 3. The van der Waals surface area contributed by atoms with Gasteiger partial charge in [0.25, 0.3) is 0 Å². The molecule has 0 heterocycles. The maximum Gasteiger partial charge on any atom is 0.143 e. The molecule has 19 heavy (non-hydrogen) atoms. The quantitative estimate of drug-likeness (QED) is 0.878. The fourth-order valence-corrected chi connectivity index (χ4v) is 2.38. The molecule has 2 rings (SSSR count). The SMILES string of the molecule is N#Cc1c(F)cccc1NCc1ccc(Br)cc1Cl. The van der Waals surface area contributed by atoms with Crippen molar-refractivity contribution in [1.82, 2.24) is 0 Å². The van der Waals surface area contributed by atoms with Crippen LogP contribution in [0.15, 0.2) is 40.9 Å². The zero-order valence-corrected chi connectivity index (χ0v) is 12.1. The molecular formula is C14H9BrClFN2. The van der Waals surface area contributed by atoms with Crippen LogP contribution < -0.4 is 5.32 Å². The molecule has 0 spiro atoms. The summed E-state index contributed by atoms with van der Waals surface area (Å²) in [5.41, 5.74) is 1.34. The fourth-order valence-electron chi connectivity index (χ4n) is 1.64. The molecule has 2 nitrogen and oxygen atoms in total. The zero-order valence-electron chi connectivity index (χ0n) is 9.75. The molecule has 0 aliphatic heterocycles. The fraction of sp³-hybridized carbons (Fsp3) is 0.0714. The molecular weight excluding hydrogens is 331 g/mol. The largest absolute Gasteiger partial charge is 0.380 e. The highest BCUT2D eigenvalue weighted by molar-refractivity contribution is 9.10. The summed E-state index contributed by atoms with van der Waals surface area (Å²) < 4.78 is 14.3. The molecule has 1 N–H and O–H groups in total. The van der Waals surface area contributed by atoms with Gasteiger partial charge < -0.3 is 5.32 Å². The van der Waals surface area contributed by atoms with Crippen molar-refractivity contribution >= 4 is 33.2 Å². The van der Waals surface area contributed by atoms with Crippen LogP contribution >= 0.6 is 27.5 Å². The van der Waals surface area contributed by atoms with Gasteiger partial charge in [-0.2, -0.15) is 5.26 Å². The Kier molecular flexibility index (Phi) is 4.41. The van der Waals surface area contributed by atoms with Crippen LogP contribution in [0.3, 0.4) is 0 Å². The number of rotatable bonds is 3. The van der Waals surface area contributed by atoms with Gasteiger partial charge in [0, 0.05) is 16.0 Å². The lowest BCUT2D eigenvalue weighted by atomic mass is 10.1. The van der Waals surface area contributed by atoms with Gasteiger partial charge in [-0.1, -0.05) is 39.7 Å². The lowest BCUT2D eigenvalue weighted by molar-refractivity contribution is 0.624. The molecule has 0 saturated carbocycles. The molecule has 2 aromatic carbocycles. The normalized spacial score (nSPS) is 10.0. The maximum atomic E-state index is 13.4. The minimum atomic E-state index is -0.533. The Hall–Kier alpha value is -1.57. The van der Waals surface area contributed by atoms with Gasteiger partial charge in [0.15, 0.2) is 0 Å². The van der Waals surface area contributed by atoms with E-state index in [2.05, 4.69) is 21.2 Å². The third-order valence-electron chi connectivity index (χ3n) is 2.61. The Bertz CT molecular complexity index is 652. The van der Waals surface area contributed by atoms with E-state index in [-0.39, 0.29) is 5.56 Å². The van der Waals surface area contributed by atoms with E-state index in [0.29, 0.717) is 17.3 Å². The Morgan fingerprint density at radius 2 is 2.11 bits per heavy atom. The van der Waals surface area contributed by atoms with Crippen LogP contribution in [0.2, 0.25) is 5.02 Å². The summed E-state index contributed by atoms with van der Waals surface area (Å²) in [7, 11) is 0. The van der Waals surface area contributed by atoms with E-state index in [4.69, 9.17) is 16.9 Å². The number of nitriles is 1. The van der Waals surface area contributed by atoms with E-state index in [1.807, 2.05) is 18.2 Å². The van der Waals surface area contributed by atoms with Crippen molar-refractivity contribution in [2.75, 3.05) is 5.32 Å². The highest BCUT2D eigenvalue weighted by Crippen LogP contribution is 2.23. The van der Waals surface area contributed by atoms with Crippen molar-refractivity contribution in [3.63, 3.8) is 0 Å². The minimum Gasteiger partial charge on any atom is -0.380 e. The summed E-state index contributed by atoms with van der Waals surface area (Å²) in [5, 5.41) is 12.6. The summed E-state index contributed by atoms with van der Waals surface area (Å²) in [4.78, 5) is 0. The number of anilines is 1. The predicted octanol–water partition coefficient (Wildman–Crippen LogP) is 4.73. The molecule has 5 heteroatoms. The standard InChI is InChI=1S/C14H9BrClFN2/c15-10-5-4-9(12(16)6-10)8-19-14-3-1-2-13(17)11(14)7-18/h1-6,19H,8H2. The molecule has 0 radical (unpaired) electrons. The first kappa shape index (κ1) is 13.9. The van der Waals surface area contributed by atoms with E-state index < -0.39 is 5.82 Å². The van der Waals surface area contributed by atoms with Gasteiger partial charge in [-0.25, -0.2) is 4.39 Å². The van der Waals surface area contributed by atoms with Crippen molar-refractivity contribution in [2.24, 2.45) is 0 Å². The summed E-state index contributed by atoms with van der Waals surface area (Å²) >= 11 is 9.42. The number of nitrogens with zero attached hydrogens (tertiary/aromatic N) is 1. The number of hydrogen-bond donors (Lipinski definition) is 1. The first-order chi connectivity index (χ1) is 9.11. The third-order valence-corrected chi connectivity index (χ3v) is 3.45. The highest BCUT2D eigenvalue weighted by Gasteiger charge is 2.08. The monoisotopic (exact) mass is 338 g/mol. The molecule has 0 fully saturated rings. The first-order valence-corrected chi connectivity index (χ1v) is 6.65. The lowest BCUT2D eigenvalue weighted by Crippen LogP contribution is -2.03. The second-order valence-corrected chi connectivity index (χ2v) is 5.19. The van der Waals surface area contributed by atoms with Gasteiger partial charge in [-0.3, -0.25) is 0 Å². The minimum absolute atomic E-state index is 0.00994. The Labute approximate surface area is 123 Å². The third kappa shape index (κ3) is 3.25. The highest BCUT2D eigenvalue weighted by atomic mass is 79.9. The molecule has 2 aromatic rings. The zero-order chi connectivity index (χ0) is 13.8. The van der Waals surface area contributed by atoms with Gasteiger partial charge in [0.05, 0.1) is 5.69 Å². The van der Waals surface area contributed by atoms with Gasteiger partial charge in [-0.05, 0) is 29.8 Å². The van der Waals surface area contributed by atoms with Crippen molar-refractivity contribution in [1.29, 1.82) is 5.26 Å². The van der Waals surface area contributed by atoms with Crippen molar-refractivity contribution in [3.05, 3.63) is 62.8 Å². The molecule has 0 atom stereocenters. The number of nitrogens with one attached hydrogen (secondary N) is 1. The van der Waals surface area contributed by atoms with Crippen LogP contribution in [0.25, 0.3) is 0 Å². The van der Waals surface area contributed by atoms with Crippen LogP contribution in [-0.4, -0.2) is 0 Å². The molecule has 0 bridgehead atoms. The maximum absolute atomic E-state index is 13.4. The average Bonchev–Trinajstić information content (AvgIpc) is 2.38. The molecule has 0 aliphatic carbocycles. The van der Waals surface area contributed by atoms with Crippen molar-refractivity contribution < 1.29 is 4.39 Å². The van der Waals surface area contributed by atoms with Gasteiger partial charge in [0.1, 0.15) is 17.4 Å². The summed E-state index contributed by atoms with van der Waals surface area (Å²) in [6, 6.07) is 11.9.